The van der Waals surface area contributed by atoms with Gasteiger partial charge in [-0.15, -0.1) is 0 Å². The third-order valence-electron chi connectivity index (χ3n) is 13.6. The predicted molar refractivity (Wildman–Crippen MR) is 232 cm³/mol. The zero-order valence-corrected chi connectivity index (χ0v) is 37.6. The zero-order chi connectivity index (χ0) is 42.3. The van der Waals surface area contributed by atoms with Crippen molar-refractivity contribution in [2.24, 2.45) is 45.9 Å². The van der Waals surface area contributed by atoms with Gasteiger partial charge < -0.3 is 20.2 Å². The van der Waals surface area contributed by atoms with Crippen molar-refractivity contribution in [3.63, 3.8) is 0 Å². The molecule has 2 heterocycles. The number of amides is 2. The summed E-state index contributed by atoms with van der Waals surface area (Å²) in [5, 5.41) is 15.5. The van der Waals surface area contributed by atoms with Gasteiger partial charge in [-0.2, -0.15) is 0 Å². The lowest BCUT2D eigenvalue weighted by molar-refractivity contribution is -0.124. The van der Waals surface area contributed by atoms with Gasteiger partial charge >= 0.3 is 0 Å². The van der Waals surface area contributed by atoms with Gasteiger partial charge in [-0.1, -0.05) is 83.1 Å². The van der Waals surface area contributed by atoms with E-state index in [1.54, 1.807) is 0 Å². The van der Waals surface area contributed by atoms with Crippen molar-refractivity contribution in [1.82, 2.24) is 4.90 Å². The summed E-state index contributed by atoms with van der Waals surface area (Å²) in [5.41, 5.74) is 5.78. The molecule has 2 atom stereocenters. The van der Waals surface area contributed by atoms with Gasteiger partial charge in [0, 0.05) is 69.4 Å². The third-order valence-corrected chi connectivity index (χ3v) is 13.6. The summed E-state index contributed by atoms with van der Waals surface area (Å²) in [7, 11) is 0. The fourth-order valence-corrected chi connectivity index (χ4v) is 10.3. The Balaban J connectivity index is 1.79. The van der Waals surface area contributed by atoms with Crippen LogP contribution in [0.5, 0.6) is 0 Å². The number of benzene rings is 1. The molecule has 56 heavy (non-hydrogen) atoms. The van der Waals surface area contributed by atoms with Crippen molar-refractivity contribution in [3.05, 3.63) is 63.6 Å². The molecular formula is C48H70N4O4. The van der Waals surface area contributed by atoms with Crippen molar-refractivity contribution in [2.45, 2.75) is 154 Å². The van der Waals surface area contributed by atoms with Crippen LogP contribution in [-0.4, -0.2) is 57.5 Å². The van der Waals surface area contributed by atoms with E-state index in [0.29, 0.717) is 22.5 Å². The Labute approximate surface area is 337 Å². The molecule has 2 aliphatic heterocycles. The summed E-state index contributed by atoms with van der Waals surface area (Å²) in [6.45, 7) is 38.3. The van der Waals surface area contributed by atoms with Crippen molar-refractivity contribution in [1.29, 1.82) is 0 Å². The molecule has 0 radical (unpaired) electrons. The first kappa shape index (κ1) is 43.2. The number of nitrogens with zero attached hydrogens (tertiary/aromatic N) is 3. The Morgan fingerprint density at radius 3 is 1.73 bits per heavy atom. The summed E-state index contributed by atoms with van der Waals surface area (Å²) in [6, 6.07) is 4.71. The Morgan fingerprint density at radius 1 is 0.732 bits per heavy atom. The summed E-state index contributed by atoms with van der Waals surface area (Å²) < 4.78 is 0. The van der Waals surface area contributed by atoms with E-state index in [1.807, 2.05) is 52.0 Å². The number of aliphatic imine (C=N–C) groups is 1. The number of hydrogen-bond acceptors (Lipinski definition) is 6. The van der Waals surface area contributed by atoms with Crippen LogP contribution >= 0.6 is 0 Å². The fourth-order valence-electron chi connectivity index (χ4n) is 10.3. The summed E-state index contributed by atoms with van der Waals surface area (Å²) in [4.78, 5) is 52.4. The number of aliphatic hydroxyl groups is 1. The highest BCUT2D eigenvalue weighted by molar-refractivity contribution is 6.42. The second-order valence-corrected chi connectivity index (χ2v) is 20.0. The minimum absolute atomic E-state index is 0.0751. The highest BCUT2D eigenvalue weighted by Gasteiger charge is 2.50. The van der Waals surface area contributed by atoms with Crippen LogP contribution in [0.3, 0.4) is 0 Å². The molecule has 2 amide bonds. The molecular weight excluding hydrogens is 697 g/mol. The lowest BCUT2D eigenvalue weighted by atomic mass is 9.73. The maximum Gasteiger partial charge on any atom is 0.249 e. The molecule has 0 aromatic heterocycles. The van der Waals surface area contributed by atoms with E-state index >= 15 is 0 Å². The molecule has 4 aliphatic rings. The van der Waals surface area contributed by atoms with Gasteiger partial charge in [-0.3, -0.25) is 14.4 Å². The van der Waals surface area contributed by atoms with Crippen LogP contribution in [0, 0.1) is 40.9 Å². The number of nitrogens with one attached hydrogen (secondary N) is 1. The molecule has 0 saturated carbocycles. The first-order chi connectivity index (χ1) is 25.8. The average Bonchev–Trinajstić information content (AvgIpc) is 3.36. The minimum atomic E-state index is -0.329. The van der Waals surface area contributed by atoms with Crippen LogP contribution in [0.2, 0.25) is 0 Å². The average molecular weight is 767 g/mol. The van der Waals surface area contributed by atoms with Gasteiger partial charge in [0.25, 0.3) is 0 Å². The molecule has 8 nitrogen and oxygen atoms in total. The smallest absolute Gasteiger partial charge is 0.249 e. The van der Waals surface area contributed by atoms with Crippen LogP contribution in [0.15, 0.2) is 57.5 Å². The molecule has 1 aromatic rings. The number of fused-ring (bicyclic) bond motifs is 2. The number of anilines is 2. The number of ketones is 1. The topological polar surface area (TPSA) is 102 Å². The number of hydrogen-bond donors (Lipinski definition) is 2. The lowest BCUT2D eigenvalue weighted by Gasteiger charge is -2.34. The molecule has 5 rings (SSSR count). The van der Waals surface area contributed by atoms with Gasteiger partial charge in [0.05, 0.1) is 22.5 Å². The van der Waals surface area contributed by atoms with Gasteiger partial charge in [-0.05, 0) is 101 Å². The molecule has 8 heteroatoms. The minimum Gasteiger partial charge on any atom is -0.506 e. The molecule has 306 valence electrons. The van der Waals surface area contributed by atoms with E-state index < -0.39 is 0 Å². The van der Waals surface area contributed by atoms with Crippen LogP contribution < -0.4 is 10.2 Å². The van der Waals surface area contributed by atoms with Crippen LogP contribution in [0.4, 0.5) is 11.4 Å². The van der Waals surface area contributed by atoms with Crippen molar-refractivity contribution >= 4 is 40.3 Å². The number of allylic oxidation sites excluding steroid dienone is 6. The molecule has 2 unspecified atom stereocenters. The van der Waals surface area contributed by atoms with Gasteiger partial charge in [0.2, 0.25) is 17.6 Å². The molecule has 1 fully saturated rings. The van der Waals surface area contributed by atoms with Crippen LogP contribution in [-0.2, 0) is 19.8 Å². The van der Waals surface area contributed by atoms with Crippen LogP contribution in [0.1, 0.15) is 136 Å². The van der Waals surface area contributed by atoms with Crippen LogP contribution in [0.25, 0.3) is 5.57 Å². The number of Topliss-reactive ketones (excluding diaryl/α,β-unsaturated/α-hetero) is 1. The highest BCUT2D eigenvalue weighted by Crippen LogP contribution is 2.53. The Kier molecular flexibility index (Phi) is 11.6. The summed E-state index contributed by atoms with van der Waals surface area (Å²) in [5.74, 6) is -1.00. The van der Waals surface area contributed by atoms with Crippen molar-refractivity contribution in [2.75, 3.05) is 10.2 Å². The highest BCUT2D eigenvalue weighted by atomic mass is 16.3. The van der Waals surface area contributed by atoms with E-state index in [-0.39, 0.29) is 105 Å². The van der Waals surface area contributed by atoms with Gasteiger partial charge in [0.1, 0.15) is 5.76 Å². The fraction of sp³-hybridized carbons (Fsp3) is 0.625. The molecule has 2 aliphatic carbocycles. The van der Waals surface area contributed by atoms with E-state index in [0.717, 1.165) is 22.5 Å². The van der Waals surface area contributed by atoms with Crippen molar-refractivity contribution < 1.29 is 19.5 Å². The Hall–Kier alpha value is -3.94. The first-order valence-corrected chi connectivity index (χ1v) is 21.1. The normalized spacial score (nSPS) is 23.8. The molecule has 0 spiro atoms. The summed E-state index contributed by atoms with van der Waals surface area (Å²) >= 11 is 0. The molecule has 2 N–H and O–H groups in total. The number of likely N-dealkylation sites (tertiary alicyclic amines) is 1. The second-order valence-electron chi connectivity index (χ2n) is 20.0. The third kappa shape index (κ3) is 6.91. The SMILES string of the molecule is CC(C)C(C(=O)N=C1C=C2C(=CC1=C1C(=O)C(c3cc4c(cc3NC(=O)C(C(C)C)C(C)C)N(C(C)C)C(C)C4(C)C)=C1O)C(C)(C)C(C)N2C(C)C)C(C)C. The van der Waals surface area contributed by atoms with Gasteiger partial charge in [0.15, 0.2) is 0 Å². The zero-order valence-electron chi connectivity index (χ0n) is 37.6. The van der Waals surface area contributed by atoms with E-state index in [4.69, 9.17) is 4.99 Å². The molecule has 0 bridgehead atoms. The quantitative estimate of drug-likeness (QED) is 0.230. The predicted octanol–water partition coefficient (Wildman–Crippen LogP) is 10.5. The van der Waals surface area contributed by atoms with Crippen molar-refractivity contribution in [3.8, 4) is 0 Å². The lowest BCUT2D eigenvalue weighted by Crippen LogP contribution is -2.42. The standard InChI is InChI=1S/C48H70N4O4/c1-23(2)39(24(3)4)45(55)49-35-21-37-33(47(15,16)29(13)51(37)27(9)10)19-31(35)41-43(53)42(44(41)54)32-20-34-38(52(28(11)12)30(14)48(34,17)18)22-36(32)50-46(56)40(25(5)6)26(7)8/h19-30,39-40,53H,1-18H3,(H,49,55). The number of carbonyl (C=O) groups excluding carboxylic acids is 3. The Bertz CT molecular complexity index is 1950. The second kappa shape index (κ2) is 15.1. The number of carbonyl (C=O) groups is 3. The van der Waals surface area contributed by atoms with E-state index in [2.05, 4.69) is 112 Å². The maximum absolute atomic E-state index is 14.8. The monoisotopic (exact) mass is 767 g/mol. The molecule has 1 aromatic carbocycles. The number of aliphatic hydroxyl groups excluding tert-OH is 1. The molecule has 1 saturated heterocycles. The Morgan fingerprint density at radius 2 is 1.25 bits per heavy atom. The maximum atomic E-state index is 14.8. The van der Waals surface area contributed by atoms with E-state index in [9.17, 15) is 19.5 Å². The number of rotatable bonds is 10. The van der Waals surface area contributed by atoms with E-state index in [1.165, 1.54) is 0 Å². The van der Waals surface area contributed by atoms with Gasteiger partial charge in [-0.25, -0.2) is 4.99 Å². The largest absolute Gasteiger partial charge is 0.506 e. The summed E-state index contributed by atoms with van der Waals surface area (Å²) in [6.07, 6.45) is 3.95. The first-order valence-electron chi connectivity index (χ1n) is 21.1.